The standard InChI is InChI=1S/C27H28Cl2N6O2/c28-20-1-10-25(26(29)15-20)27(36,16-35-19-31-18-32-35)17-37-24-8-6-23(7-9-24)34-13-11-33(12-14-34)22-4-2-21(30)3-5-22/h1-10,15,18-19,36H,11-14,16-17,30H2. The van der Waals surface area contributed by atoms with Crippen molar-refractivity contribution in [1.82, 2.24) is 14.8 Å². The maximum absolute atomic E-state index is 11.6. The number of halogens is 2. The van der Waals surface area contributed by atoms with Gasteiger partial charge >= 0.3 is 0 Å². The third-order valence-electron chi connectivity index (χ3n) is 6.54. The van der Waals surface area contributed by atoms with E-state index >= 15 is 0 Å². The number of nitrogens with two attached hydrogens (primary N) is 1. The van der Waals surface area contributed by atoms with E-state index in [0.717, 1.165) is 37.6 Å². The van der Waals surface area contributed by atoms with Gasteiger partial charge in [0.05, 0.1) is 6.54 Å². The molecule has 1 fully saturated rings. The lowest BCUT2D eigenvalue weighted by Crippen LogP contribution is -2.46. The van der Waals surface area contributed by atoms with E-state index in [9.17, 15) is 5.11 Å². The molecule has 0 radical (unpaired) electrons. The van der Waals surface area contributed by atoms with Crippen molar-refractivity contribution in [2.45, 2.75) is 12.1 Å². The number of hydrogen-bond acceptors (Lipinski definition) is 7. The fourth-order valence-corrected chi connectivity index (χ4v) is 5.11. The van der Waals surface area contributed by atoms with Gasteiger partial charge in [-0.1, -0.05) is 29.3 Å². The minimum atomic E-state index is -1.45. The number of ether oxygens (including phenoxy) is 1. The van der Waals surface area contributed by atoms with Crippen LogP contribution in [0.4, 0.5) is 17.1 Å². The summed E-state index contributed by atoms with van der Waals surface area (Å²) in [5.74, 6) is 0.645. The quantitative estimate of drug-likeness (QED) is 0.320. The second kappa shape index (κ2) is 10.9. The van der Waals surface area contributed by atoms with Crippen LogP contribution in [0.5, 0.6) is 5.75 Å². The van der Waals surface area contributed by atoms with Crippen molar-refractivity contribution in [3.05, 3.63) is 95.0 Å². The number of benzene rings is 3. The monoisotopic (exact) mass is 538 g/mol. The number of aliphatic hydroxyl groups is 1. The van der Waals surface area contributed by atoms with Crippen LogP contribution < -0.4 is 20.3 Å². The lowest BCUT2D eigenvalue weighted by atomic mass is 9.94. The van der Waals surface area contributed by atoms with Gasteiger partial charge < -0.3 is 25.4 Å². The molecule has 1 saturated heterocycles. The van der Waals surface area contributed by atoms with Crippen molar-refractivity contribution < 1.29 is 9.84 Å². The van der Waals surface area contributed by atoms with Crippen molar-refractivity contribution in [2.75, 3.05) is 48.3 Å². The van der Waals surface area contributed by atoms with Gasteiger partial charge in [0, 0.05) is 58.8 Å². The van der Waals surface area contributed by atoms with Gasteiger partial charge in [-0.05, 0) is 60.7 Å². The summed E-state index contributed by atoms with van der Waals surface area (Å²) >= 11 is 12.5. The Morgan fingerprint density at radius 2 is 1.51 bits per heavy atom. The van der Waals surface area contributed by atoms with Crippen LogP contribution in [0.3, 0.4) is 0 Å². The maximum Gasteiger partial charge on any atom is 0.144 e. The van der Waals surface area contributed by atoms with E-state index in [-0.39, 0.29) is 13.2 Å². The Balaban J connectivity index is 1.23. The molecule has 3 aromatic carbocycles. The fourth-order valence-electron chi connectivity index (χ4n) is 4.52. The van der Waals surface area contributed by atoms with Crippen molar-refractivity contribution >= 4 is 40.3 Å². The highest BCUT2D eigenvalue weighted by molar-refractivity contribution is 6.35. The molecule has 0 saturated carbocycles. The van der Waals surface area contributed by atoms with E-state index in [2.05, 4.69) is 32.0 Å². The van der Waals surface area contributed by atoms with E-state index in [4.69, 9.17) is 33.7 Å². The zero-order valence-electron chi connectivity index (χ0n) is 20.2. The lowest BCUT2D eigenvalue weighted by Gasteiger charge is -2.37. The van der Waals surface area contributed by atoms with Gasteiger partial charge in [0.15, 0.2) is 0 Å². The van der Waals surface area contributed by atoms with Crippen LogP contribution in [-0.2, 0) is 12.1 Å². The van der Waals surface area contributed by atoms with E-state index < -0.39 is 5.60 Å². The smallest absolute Gasteiger partial charge is 0.144 e. The minimum Gasteiger partial charge on any atom is -0.490 e. The summed E-state index contributed by atoms with van der Waals surface area (Å²) in [4.78, 5) is 8.69. The molecule has 1 aliphatic heterocycles. The van der Waals surface area contributed by atoms with Gasteiger partial charge in [0.2, 0.25) is 0 Å². The molecule has 192 valence electrons. The van der Waals surface area contributed by atoms with Gasteiger partial charge in [-0.3, -0.25) is 0 Å². The first-order chi connectivity index (χ1) is 17.9. The van der Waals surface area contributed by atoms with Crippen LogP contribution in [0.25, 0.3) is 0 Å². The van der Waals surface area contributed by atoms with E-state index in [1.165, 1.54) is 18.3 Å². The van der Waals surface area contributed by atoms with Crippen LogP contribution in [0.1, 0.15) is 5.56 Å². The summed E-state index contributed by atoms with van der Waals surface area (Å²) in [5, 5.41) is 16.6. The Labute approximate surface area is 225 Å². The Morgan fingerprint density at radius 3 is 2.08 bits per heavy atom. The van der Waals surface area contributed by atoms with Gasteiger partial charge in [-0.2, -0.15) is 5.10 Å². The number of anilines is 3. The summed E-state index contributed by atoms with van der Waals surface area (Å²) < 4.78 is 7.59. The molecule has 4 aromatic rings. The van der Waals surface area contributed by atoms with Gasteiger partial charge in [-0.25, -0.2) is 9.67 Å². The molecule has 10 heteroatoms. The molecule has 0 spiro atoms. The van der Waals surface area contributed by atoms with Crippen LogP contribution in [0, 0.1) is 0 Å². The molecule has 5 rings (SSSR count). The van der Waals surface area contributed by atoms with Gasteiger partial charge in [0.25, 0.3) is 0 Å². The first kappa shape index (κ1) is 25.2. The van der Waals surface area contributed by atoms with E-state index in [1.807, 2.05) is 36.4 Å². The van der Waals surface area contributed by atoms with Crippen LogP contribution in [0.15, 0.2) is 79.4 Å². The Hall–Kier alpha value is -3.46. The molecule has 2 heterocycles. The first-order valence-corrected chi connectivity index (χ1v) is 12.7. The van der Waals surface area contributed by atoms with E-state index in [0.29, 0.717) is 21.4 Å². The lowest BCUT2D eigenvalue weighted by molar-refractivity contribution is -0.0269. The highest BCUT2D eigenvalue weighted by Gasteiger charge is 2.34. The summed E-state index contributed by atoms with van der Waals surface area (Å²) in [6, 6.07) is 20.9. The van der Waals surface area contributed by atoms with Gasteiger partial charge in [0.1, 0.15) is 30.6 Å². The van der Waals surface area contributed by atoms with Crippen LogP contribution in [-0.4, -0.2) is 52.7 Å². The molecule has 0 amide bonds. The van der Waals surface area contributed by atoms with Crippen LogP contribution >= 0.6 is 23.2 Å². The number of nitrogen functional groups attached to an aromatic ring is 1. The molecule has 3 N–H and O–H groups in total. The molecule has 1 aliphatic rings. The predicted molar refractivity (Wildman–Crippen MR) is 148 cm³/mol. The topological polar surface area (TPSA) is 92.7 Å². The molecule has 0 bridgehead atoms. The van der Waals surface area contributed by atoms with Crippen LogP contribution in [0.2, 0.25) is 10.0 Å². The number of nitrogens with zero attached hydrogens (tertiary/aromatic N) is 5. The molecular weight excluding hydrogens is 511 g/mol. The molecule has 1 aromatic heterocycles. The SMILES string of the molecule is Nc1ccc(N2CCN(c3ccc(OCC(O)(Cn4cncn4)c4ccc(Cl)cc4Cl)cc3)CC2)cc1. The summed E-state index contributed by atoms with van der Waals surface area (Å²) in [6.07, 6.45) is 2.95. The van der Waals surface area contributed by atoms with E-state index in [1.54, 1.807) is 22.9 Å². The molecule has 1 atom stereocenters. The molecule has 1 unspecified atom stereocenters. The molecule has 8 nitrogen and oxygen atoms in total. The van der Waals surface area contributed by atoms with Crippen molar-refractivity contribution in [2.24, 2.45) is 0 Å². The Bertz CT molecular complexity index is 1310. The third-order valence-corrected chi connectivity index (χ3v) is 7.09. The first-order valence-electron chi connectivity index (χ1n) is 12.0. The summed E-state index contributed by atoms with van der Waals surface area (Å²) in [6.45, 7) is 3.77. The zero-order valence-corrected chi connectivity index (χ0v) is 21.7. The van der Waals surface area contributed by atoms with Gasteiger partial charge in [-0.15, -0.1) is 0 Å². The number of aromatic nitrogens is 3. The largest absolute Gasteiger partial charge is 0.490 e. The zero-order chi connectivity index (χ0) is 25.8. The van der Waals surface area contributed by atoms with Crippen molar-refractivity contribution in [1.29, 1.82) is 0 Å². The maximum atomic E-state index is 11.6. The average Bonchev–Trinajstić information content (AvgIpc) is 3.41. The summed E-state index contributed by atoms with van der Waals surface area (Å²) in [7, 11) is 0. The normalized spacial score (nSPS) is 15.4. The Kier molecular flexibility index (Phi) is 7.41. The minimum absolute atomic E-state index is 0.0339. The Morgan fingerprint density at radius 1 is 0.892 bits per heavy atom. The summed E-state index contributed by atoms with van der Waals surface area (Å²) in [5.41, 5.74) is 7.96. The number of hydrogen-bond donors (Lipinski definition) is 2. The third kappa shape index (κ3) is 5.93. The average molecular weight is 539 g/mol. The van der Waals surface area contributed by atoms with Crippen molar-refractivity contribution in [3.8, 4) is 5.75 Å². The second-order valence-corrected chi connectivity index (χ2v) is 9.94. The molecule has 0 aliphatic carbocycles. The van der Waals surface area contributed by atoms with Crippen molar-refractivity contribution in [3.63, 3.8) is 0 Å². The molecular formula is C27H28Cl2N6O2. The highest BCUT2D eigenvalue weighted by Crippen LogP contribution is 2.33. The fraction of sp³-hybridized carbons (Fsp3) is 0.259. The predicted octanol–water partition coefficient (Wildman–Crippen LogP) is 4.46. The molecule has 37 heavy (non-hydrogen) atoms. The second-order valence-electron chi connectivity index (χ2n) is 9.10. The highest BCUT2D eigenvalue weighted by atomic mass is 35.5. The number of piperazine rings is 1. The number of rotatable bonds is 8.